The van der Waals surface area contributed by atoms with Crippen LogP contribution in [0, 0.1) is 0 Å². The number of carbonyl (C=O) groups is 5. The number of fused-ring (bicyclic) bond motifs is 1. The third-order valence-electron chi connectivity index (χ3n) is 6.38. The molecule has 252 valence electrons. The van der Waals surface area contributed by atoms with E-state index < -0.39 is 103 Å². The van der Waals surface area contributed by atoms with Gasteiger partial charge in [-0.25, -0.2) is 0 Å². The van der Waals surface area contributed by atoms with Gasteiger partial charge in [-0.3, -0.25) is 24.0 Å². The predicted molar refractivity (Wildman–Crippen MR) is 151 cm³/mol. The summed E-state index contributed by atoms with van der Waals surface area (Å²) in [4.78, 5) is 60.9. The molecule has 0 aromatic rings. The van der Waals surface area contributed by atoms with Crippen LogP contribution in [0.5, 0.6) is 0 Å². The molecule has 0 radical (unpaired) electrons. The summed E-state index contributed by atoms with van der Waals surface area (Å²) >= 11 is 1.19. The number of carbonyl (C=O) groups excluding carboxylic acids is 5. The highest BCUT2D eigenvalue weighted by molar-refractivity contribution is 7.99. The van der Waals surface area contributed by atoms with E-state index in [4.69, 9.17) is 47.4 Å². The van der Waals surface area contributed by atoms with Crippen molar-refractivity contribution in [3.63, 3.8) is 0 Å². The van der Waals surface area contributed by atoms with Gasteiger partial charge in [-0.15, -0.1) is 11.8 Å². The molecule has 2 aliphatic rings. The molecule has 15 nitrogen and oxygen atoms in total. The lowest BCUT2D eigenvalue weighted by molar-refractivity contribution is -0.277. The topological polar surface area (TPSA) is 178 Å². The van der Waals surface area contributed by atoms with Gasteiger partial charge in [0.05, 0.1) is 6.10 Å². The van der Waals surface area contributed by atoms with E-state index in [0.717, 1.165) is 34.6 Å². The van der Waals surface area contributed by atoms with Crippen LogP contribution >= 0.6 is 11.8 Å². The highest BCUT2D eigenvalue weighted by Crippen LogP contribution is 2.40. The standard InChI is InChI=1S/C28H44O15S/c1-11-44-27(41-20-13(2)36-26(34-10)24-23(20)42-28(8,9)43-24)25(40-18(7)33)22(39-17(6)32)21(38-16(5)31)19(37-15(4)30)12-35-14(3)29/h13,19-27H,11-12H2,1-10H3/t13-,19+,20-,21-,22-,23+,24+,25+,26+,27+/m0/s1. The van der Waals surface area contributed by atoms with Gasteiger partial charge in [-0.2, -0.15) is 0 Å². The molecule has 0 amide bonds. The molecule has 2 heterocycles. The van der Waals surface area contributed by atoms with E-state index in [-0.39, 0.29) is 0 Å². The average Bonchev–Trinajstić information content (AvgIpc) is 3.22. The Labute approximate surface area is 261 Å². The maximum Gasteiger partial charge on any atom is 0.303 e. The lowest BCUT2D eigenvalue weighted by Gasteiger charge is -2.43. The Morgan fingerprint density at radius 3 is 1.80 bits per heavy atom. The molecule has 2 aliphatic heterocycles. The van der Waals surface area contributed by atoms with Gasteiger partial charge in [-0.1, -0.05) is 6.92 Å². The zero-order valence-electron chi connectivity index (χ0n) is 26.7. The minimum Gasteiger partial charge on any atom is -0.462 e. The summed E-state index contributed by atoms with van der Waals surface area (Å²) in [6.07, 6.45) is -9.69. The monoisotopic (exact) mass is 652 g/mol. The number of thioether (sulfide) groups is 1. The molecule has 0 aromatic heterocycles. The van der Waals surface area contributed by atoms with Crippen LogP contribution in [0.3, 0.4) is 0 Å². The molecule has 2 saturated heterocycles. The molecule has 0 unspecified atom stereocenters. The van der Waals surface area contributed by atoms with Crippen LogP contribution in [0.4, 0.5) is 0 Å². The first-order chi connectivity index (χ1) is 20.5. The number of rotatable bonds is 15. The van der Waals surface area contributed by atoms with Crippen molar-refractivity contribution < 1.29 is 71.3 Å². The molecule has 44 heavy (non-hydrogen) atoms. The summed E-state index contributed by atoms with van der Waals surface area (Å²) < 4.78 is 57.5. The van der Waals surface area contributed by atoms with Gasteiger partial charge in [0, 0.05) is 41.7 Å². The third-order valence-corrected chi connectivity index (χ3v) is 7.42. The smallest absolute Gasteiger partial charge is 0.303 e. The van der Waals surface area contributed by atoms with E-state index in [0.29, 0.717) is 5.75 Å². The van der Waals surface area contributed by atoms with Crippen LogP contribution in [0.15, 0.2) is 0 Å². The lowest BCUT2D eigenvalue weighted by Crippen LogP contribution is -2.60. The van der Waals surface area contributed by atoms with Crippen LogP contribution in [-0.4, -0.2) is 116 Å². The number of hydrogen-bond donors (Lipinski definition) is 0. The summed E-state index contributed by atoms with van der Waals surface area (Å²) in [5.41, 5.74) is -1.10. The zero-order chi connectivity index (χ0) is 33.4. The summed E-state index contributed by atoms with van der Waals surface area (Å²) in [6, 6.07) is 0. The van der Waals surface area contributed by atoms with Crippen molar-refractivity contribution in [1.82, 2.24) is 0 Å². The van der Waals surface area contributed by atoms with Crippen molar-refractivity contribution in [3.8, 4) is 0 Å². The Morgan fingerprint density at radius 1 is 0.773 bits per heavy atom. The molecule has 2 fully saturated rings. The largest absolute Gasteiger partial charge is 0.462 e. The average molecular weight is 653 g/mol. The highest BCUT2D eigenvalue weighted by Gasteiger charge is 2.57. The molecular weight excluding hydrogens is 608 g/mol. The number of esters is 5. The number of methoxy groups -OCH3 is 1. The molecule has 0 saturated carbocycles. The van der Waals surface area contributed by atoms with Gasteiger partial charge in [0.15, 0.2) is 36.5 Å². The highest BCUT2D eigenvalue weighted by atomic mass is 32.2. The number of hydrogen-bond acceptors (Lipinski definition) is 16. The van der Waals surface area contributed by atoms with Crippen molar-refractivity contribution >= 4 is 41.6 Å². The van der Waals surface area contributed by atoms with Crippen molar-refractivity contribution in [2.24, 2.45) is 0 Å². The van der Waals surface area contributed by atoms with Crippen molar-refractivity contribution in [2.75, 3.05) is 19.5 Å². The fourth-order valence-corrected chi connectivity index (χ4v) is 5.90. The number of ether oxygens (including phenoxy) is 10. The predicted octanol–water partition coefficient (Wildman–Crippen LogP) is 1.65. The first kappa shape index (κ1) is 37.7. The van der Waals surface area contributed by atoms with Crippen molar-refractivity contribution in [1.29, 1.82) is 0 Å². The third kappa shape index (κ3) is 10.8. The van der Waals surface area contributed by atoms with Crippen LogP contribution in [0.25, 0.3) is 0 Å². The fraction of sp³-hybridized carbons (Fsp3) is 0.821. The second kappa shape index (κ2) is 16.7. The molecule has 10 atom stereocenters. The first-order valence-electron chi connectivity index (χ1n) is 14.1. The van der Waals surface area contributed by atoms with Crippen LogP contribution in [0.1, 0.15) is 62.3 Å². The summed E-state index contributed by atoms with van der Waals surface area (Å²) in [5, 5.41) is 0. The Kier molecular flexibility index (Phi) is 14.3. The maximum atomic E-state index is 12.5. The van der Waals surface area contributed by atoms with E-state index in [1.165, 1.54) is 18.9 Å². The molecule has 16 heteroatoms. The Hall–Kier alpha value is -2.50. The van der Waals surface area contributed by atoms with Crippen LogP contribution in [-0.2, 0) is 71.3 Å². The van der Waals surface area contributed by atoms with E-state index in [9.17, 15) is 24.0 Å². The summed E-state index contributed by atoms with van der Waals surface area (Å²) in [7, 11) is 1.48. The molecule has 0 bridgehead atoms. The van der Waals surface area contributed by atoms with Crippen molar-refractivity contribution in [2.45, 2.75) is 129 Å². The minimum absolute atomic E-state index is 0.424. The summed E-state index contributed by atoms with van der Waals surface area (Å²) in [6.45, 7) is 12.0. The molecule has 0 N–H and O–H groups in total. The summed E-state index contributed by atoms with van der Waals surface area (Å²) in [5.74, 6) is -4.58. The quantitative estimate of drug-likeness (QED) is 0.142. The molecule has 0 spiro atoms. The molecular formula is C28H44O15S. The SMILES string of the molecule is CCS[C@@H](O[C@@H]1[C@H]2OC(C)(C)O[C@H]2[C@H](OC)O[C@H]1C)[C@H](OC(C)=O)[C@@H](OC(C)=O)[C@@H](OC(C)=O)[C@@H](COC(C)=O)OC(C)=O. The van der Waals surface area contributed by atoms with E-state index in [1.807, 2.05) is 6.92 Å². The van der Waals surface area contributed by atoms with Crippen LogP contribution in [0.2, 0.25) is 0 Å². The van der Waals surface area contributed by atoms with Crippen molar-refractivity contribution in [3.05, 3.63) is 0 Å². The second-order valence-corrected chi connectivity index (χ2v) is 12.0. The first-order valence-corrected chi connectivity index (χ1v) is 15.2. The fourth-order valence-electron chi connectivity index (χ4n) is 4.96. The Balaban J connectivity index is 2.62. The van der Waals surface area contributed by atoms with Gasteiger partial charge in [0.25, 0.3) is 0 Å². The Bertz CT molecular complexity index is 1020. The van der Waals surface area contributed by atoms with E-state index in [2.05, 4.69) is 0 Å². The molecule has 0 aliphatic carbocycles. The van der Waals surface area contributed by atoms with E-state index in [1.54, 1.807) is 20.8 Å². The van der Waals surface area contributed by atoms with Gasteiger partial charge >= 0.3 is 29.8 Å². The lowest BCUT2D eigenvalue weighted by atomic mass is 9.99. The normalized spacial score (nSPS) is 27.5. The maximum absolute atomic E-state index is 12.5. The van der Waals surface area contributed by atoms with Gasteiger partial charge in [0.2, 0.25) is 0 Å². The minimum atomic E-state index is -1.61. The van der Waals surface area contributed by atoms with Gasteiger partial charge in [0.1, 0.15) is 30.4 Å². The van der Waals surface area contributed by atoms with Crippen LogP contribution < -0.4 is 0 Å². The molecule has 2 rings (SSSR count). The van der Waals surface area contributed by atoms with Gasteiger partial charge < -0.3 is 47.4 Å². The molecule has 0 aromatic carbocycles. The van der Waals surface area contributed by atoms with E-state index >= 15 is 0 Å². The second-order valence-electron chi connectivity index (χ2n) is 10.6. The van der Waals surface area contributed by atoms with Gasteiger partial charge in [-0.05, 0) is 26.5 Å². The Morgan fingerprint density at radius 2 is 1.30 bits per heavy atom. The zero-order valence-corrected chi connectivity index (χ0v) is 27.5.